The van der Waals surface area contributed by atoms with E-state index in [2.05, 4.69) is 6.92 Å². The third-order valence-corrected chi connectivity index (χ3v) is 8.36. The molecule has 0 spiro atoms. The van der Waals surface area contributed by atoms with Crippen molar-refractivity contribution >= 4 is 5.78 Å². The summed E-state index contributed by atoms with van der Waals surface area (Å²) in [5.41, 5.74) is 0.0740. The van der Waals surface area contributed by atoms with Crippen molar-refractivity contribution in [1.82, 2.24) is 0 Å². The van der Waals surface area contributed by atoms with Crippen molar-refractivity contribution < 1.29 is 19.0 Å². The van der Waals surface area contributed by atoms with Crippen LogP contribution in [0.1, 0.15) is 121 Å². The lowest BCUT2D eigenvalue weighted by atomic mass is 9.68. The number of carbonyl (C=O) groups excluding carboxylic acids is 1. The van der Waals surface area contributed by atoms with Crippen LogP contribution in [0.2, 0.25) is 0 Å². The first-order valence-electron chi connectivity index (χ1n) is 13.7. The number of hydrogen-bond donors (Lipinski definition) is 1. The van der Waals surface area contributed by atoms with E-state index in [4.69, 9.17) is 4.74 Å². The van der Waals surface area contributed by atoms with Gasteiger partial charge in [-0.1, -0.05) is 64.7 Å². The molecule has 1 N–H and O–H groups in total. The minimum atomic E-state index is -0.837. The van der Waals surface area contributed by atoms with E-state index in [1.165, 1.54) is 89.2 Å². The second kappa shape index (κ2) is 13.3. The fourth-order valence-corrected chi connectivity index (χ4v) is 6.30. The van der Waals surface area contributed by atoms with Crippen molar-refractivity contribution in [3.63, 3.8) is 0 Å². The van der Waals surface area contributed by atoms with E-state index in [0.29, 0.717) is 18.9 Å². The first-order chi connectivity index (χ1) is 16.0. The topological polar surface area (TPSA) is 46.5 Å². The molecule has 0 unspecified atom stereocenters. The Kier molecular flexibility index (Phi) is 10.5. The molecule has 0 atom stereocenters. The Bertz CT molecular complexity index is 731. The Labute approximate surface area is 200 Å². The van der Waals surface area contributed by atoms with Gasteiger partial charge >= 0.3 is 0 Å². The lowest BCUT2D eigenvalue weighted by Crippen LogP contribution is -2.26. The number of ketones is 1. The van der Waals surface area contributed by atoms with Gasteiger partial charge in [0.1, 0.15) is 0 Å². The fraction of sp³-hybridized carbons (Fsp3) is 0.759. The van der Waals surface area contributed by atoms with E-state index >= 15 is 0 Å². The van der Waals surface area contributed by atoms with E-state index < -0.39 is 11.6 Å². The van der Waals surface area contributed by atoms with Crippen molar-refractivity contribution in [3.8, 4) is 11.5 Å². The van der Waals surface area contributed by atoms with Crippen LogP contribution in [0, 0.1) is 29.5 Å². The molecule has 0 bridgehead atoms. The molecule has 2 aliphatic carbocycles. The number of phenolic OH excluding ortho intramolecular Hbond substituents is 1. The number of phenols is 1. The maximum absolute atomic E-state index is 14.2. The average Bonchev–Trinajstić information content (AvgIpc) is 2.83. The second-order valence-corrected chi connectivity index (χ2v) is 10.6. The summed E-state index contributed by atoms with van der Waals surface area (Å²) in [5, 5.41) is 10.1. The third kappa shape index (κ3) is 7.45. The third-order valence-electron chi connectivity index (χ3n) is 8.36. The van der Waals surface area contributed by atoms with Gasteiger partial charge in [0.05, 0.1) is 12.2 Å². The lowest BCUT2D eigenvalue weighted by Gasteiger charge is -2.38. The Balaban J connectivity index is 1.34. The normalized spacial score (nSPS) is 25.7. The number of aromatic hydroxyl groups is 1. The molecule has 0 radical (unpaired) electrons. The molecular weight excluding hydrogens is 415 g/mol. The summed E-state index contributed by atoms with van der Waals surface area (Å²) in [6.45, 7) is 4.36. The number of rotatable bonds is 12. The predicted octanol–water partition coefficient (Wildman–Crippen LogP) is 8.48. The summed E-state index contributed by atoms with van der Waals surface area (Å²) in [6.07, 6.45) is 18.9. The van der Waals surface area contributed by atoms with Gasteiger partial charge in [-0.3, -0.25) is 4.79 Å². The molecular formula is C29H45FO3. The van der Waals surface area contributed by atoms with Crippen LogP contribution < -0.4 is 4.74 Å². The number of benzene rings is 1. The number of unbranched alkanes of at least 4 members (excludes halogenated alkanes) is 2. The summed E-state index contributed by atoms with van der Waals surface area (Å²) >= 11 is 0. The van der Waals surface area contributed by atoms with Gasteiger partial charge in [0.2, 0.25) is 5.82 Å². The van der Waals surface area contributed by atoms with E-state index in [1.807, 2.05) is 0 Å². The van der Waals surface area contributed by atoms with Gasteiger partial charge in [-0.05, 0) is 74.8 Å². The number of Topliss-reactive ketones (excluding diaryl/α,β-unsaturated/α-hetero) is 1. The smallest absolute Gasteiger partial charge is 0.207 e. The van der Waals surface area contributed by atoms with Crippen LogP contribution in [0.15, 0.2) is 12.1 Å². The molecule has 3 rings (SSSR count). The van der Waals surface area contributed by atoms with Crippen molar-refractivity contribution in [3.05, 3.63) is 23.5 Å². The summed E-state index contributed by atoms with van der Waals surface area (Å²) in [5.74, 6) is 1.97. The maximum Gasteiger partial charge on any atom is 0.207 e. The van der Waals surface area contributed by atoms with Gasteiger partial charge in [-0.2, -0.15) is 4.39 Å². The molecule has 0 heterocycles. The molecule has 0 aromatic heterocycles. The van der Waals surface area contributed by atoms with Crippen molar-refractivity contribution in [1.29, 1.82) is 0 Å². The zero-order chi connectivity index (χ0) is 23.6. The molecule has 1 aromatic carbocycles. The van der Waals surface area contributed by atoms with Gasteiger partial charge < -0.3 is 9.84 Å². The number of carbonyl (C=O) groups is 1. The van der Waals surface area contributed by atoms with Crippen molar-refractivity contribution in [2.75, 3.05) is 6.61 Å². The summed E-state index contributed by atoms with van der Waals surface area (Å²) < 4.78 is 19.3. The molecule has 0 amide bonds. The van der Waals surface area contributed by atoms with E-state index in [0.717, 1.165) is 30.6 Å². The summed E-state index contributed by atoms with van der Waals surface area (Å²) in [6, 6.07) is 2.92. The molecule has 3 nitrogen and oxygen atoms in total. The maximum atomic E-state index is 14.2. The average molecular weight is 461 g/mol. The SMILES string of the molecule is CCCCCC1CCC(C2CCC(CCCC(=O)c3ccc(OCC)c(F)c3O)CC2)CC1. The van der Waals surface area contributed by atoms with Gasteiger partial charge in [-0.25, -0.2) is 0 Å². The standard InChI is InChI=1S/C29H45FO3/c1-3-5-6-8-21-11-15-23(16-12-21)24-17-13-22(14-18-24)9-7-10-26(31)25-19-20-27(33-4-2)28(30)29(25)32/h19-24,32H,3-18H2,1-2H3. The molecule has 1 aromatic rings. The van der Waals surface area contributed by atoms with Crippen LogP contribution in [-0.4, -0.2) is 17.5 Å². The summed E-state index contributed by atoms with van der Waals surface area (Å²) in [7, 11) is 0. The van der Waals surface area contributed by atoms with Crippen LogP contribution in [-0.2, 0) is 0 Å². The Morgan fingerprint density at radius 1 is 0.909 bits per heavy atom. The Morgan fingerprint density at radius 2 is 1.48 bits per heavy atom. The second-order valence-electron chi connectivity index (χ2n) is 10.6. The molecule has 2 aliphatic rings. The van der Waals surface area contributed by atoms with Crippen molar-refractivity contribution in [2.45, 2.75) is 110 Å². The van der Waals surface area contributed by atoms with Crippen LogP contribution >= 0.6 is 0 Å². The van der Waals surface area contributed by atoms with E-state index in [1.54, 1.807) is 6.92 Å². The largest absolute Gasteiger partial charge is 0.504 e. The highest BCUT2D eigenvalue weighted by Gasteiger charge is 2.30. The first kappa shape index (κ1) is 26.0. The van der Waals surface area contributed by atoms with Gasteiger partial charge in [0.15, 0.2) is 17.3 Å². The van der Waals surface area contributed by atoms with E-state index in [-0.39, 0.29) is 17.1 Å². The zero-order valence-electron chi connectivity index (χ0n) is 20.9. The van der Waals surface area contributed by atoms with Crippen LogP contribution in [0.3, 0.4) is 0 Å². The lowest BCUT2D eigenvalue weighted by molar-refractivity contribution is 0.0969. The van der Waals surface area contributed by atoms with Crippen molar-refractivity contribution in [2.24, 2.45) is 23.7 Å². The van der Waals surface area contributed by atoms with Crippen LogP contribution in [0.25, 0.3) is 0 Å². The minimum Gasteiger partial charge on any atom is -0.504 e. The zero-order valence-corrected chi connectivity index (χ0v) is 20.9. The molecule has 0 aliphatic heterocycles. The molecule has 33 heavy (non-hydrogen) atoms. The quantitative estimate of drug-likeness (QED) is 0.251. The first-order valence-corrected chi connectivity index (χ1v) is 13.7. The monoisotopic (exact) mass is 460 g/mol. The molecule has 2 fully saturated rings. The molecule has 0 saturated heterocycles. The molecule has 186 valence electrons. The molecule has 4 heteroatoms. The van der Waals surface area contributed by atoms with E-state index in [9.17, 15) is 14.3 Å². The predicted molar refractivity (Wildman–Crippen MR) is 132 cm³/mol. The highest BCUT2D eigenvalue weighted by Crippen LogP contribution is 2.43. The number of halogens is 1. The summed E-state index contributed by atoms with van der Waals surface area (Å²) in [4.78, 5) is 12.5. The number of ether oxygens (including phenoxy) is 1. The molecule has 2 saturated carbocycles. The Morgan fingerprint density at radius 3 is 2.03 bits per heavy atom. The van der Waals surface area contributed by atoms with Gasteiger partial charge in [-0.15, -0.1) is 0 Å². The highest BCUT2D eigenvalue weighted by atomic mass is 19.1. The Hall–Kier alpha value is -1.58. The fourth-order valence-electron chi connectivity index (χ4n) is 6.30. The minimum absolute atomic E-state index is 0.00621. The van der Waals surface area contributed by atoms with Crippen LogP contribution in [0.4, 0.5) is 4.39 Å². The highest BCUT2D eigenvalue weighted by molar-refractivity contribution is 5.98. The van der Waals surface area contributed by atoms with Crippen LogP contribution in [0.5, 0.6) is 11.5 Å². The number of hydrogen-bond acceptors (Lipinski definition) is 3. The van der Waals surface area contributed by atoms with Gasteiger partial charge in [0, 0.05) is 6.42 Å². The van der Waals surface area contributed by atoms with Gasteiger partial charge in [0.25, 0.3) is 0 Å².